The third kappa shape index (κ3) is 4.61. The minimum Gasteiger partial charge on any atom is -0.480 e. The SMILES string of the molecule is CC(Oc1ccc(F)cc1Br)C(=O)NC1CCNC1.Cl. The third-order valence-corrected chi connectivity index (χ3v) is 3.59. The number of carbonyl (C=O) groups excluding carboxylic acids is 1. The molecule has 1 aromatic rings. The standard InChI is InChI=1S/C13H16BrFN2O2.ClH/c1-8(13(18)17-10-4-5-16-7-10)19-12-3-2-9(15)6-11(12)14;/h2-3,6,8,10,16H,4-5,7H2,1H3,(H,17,18);1H. The Morgan fingerprint density at radius 1 is 1.60 bits per heavy atom. The van der Waals surface area contributed by atoms with Gasteiger partial charge >= 0.3 is 0 Å². The summed E-state index contributed by atoms with van der Waals surface area (Å²) in [5.74, 6) is -0.0631. The summed E-state index contributed by atoms with van der Waals surface area (Å²) in [6.45, 7) is 3.38. The molecule has 1 amide bonds. The molecule has 0 aliphatic carbocycles. The first-order valence-corrected chi connectivity index (χ1v) is 6.98. The third-order valence-electron chi connectivity index (χ3n) is 2.97. The number of carbonyl (C=O) groups is 1. The van der Waals surface area contributed by atoms with E-state index in [2.05, 4.69) is 26.6 Å². The van der Waals surface area contributed by atoms with Crippen molar-refractivity contribution in [2.24, 2.45) is 0 Å². The quantitative estimate of drug-likeness (QED) is 0.858. The molecule has 1 saturated heterocycles. The van der Waals surface area contributed by atoms with Gasteiger partial charge in [-0.2, -0.15) is 0 Å². The van der Waals surface area contributed by atoms with E-state index in [1.54, 1.807) is 6.92 Å². The lowest BCUT2D eigenvalue weighted by Crippen LogP contribution is -2.43. The first-order chi connectivity index (χ1) is 9.06. The zero-order valence-electron chi connectivity index (χ0n) is 11.0. The molecule has 0 saturated carbocycles. The van der Waals surface area contributed by atoms with E-state index in [0.717, 1.165) is 19.5 Å². The monoisotopic (exact) mass is 366 g/mol. The molecule has 4 nitrogen and oxygen atoms in total. The molecular weight excluding hydrogens is 351 g/mol. The van der Waals surface area contributed by atoms with Crippen LogP contribution in [0.1, 0.15) is 13.3 Å². The summed E-state index contributed by atoms with van der Waals surface area (Å²) in [5.41, 5.74) is 0. The zero-order valence-corrected chi connectivity index (χ0v) is 13.4. The van der Waals surface area contributed by atoms with E-state index < -0.39 is 6.10 Å². The van der Waals surface area contributed by atoms with Crippen LogP contribution in [-0.2, 0) is 4.79 Å². The van der Waals surface area contributed by atoms with Gasteiger partial charge in [-0.15, -0.1) is 12.4 Å². The Morgan fingerprint density at radius 3 is 2.95 bits per heavy atom. The summed E-state index contributed by atoms with van der Waals surface area (Å²) in [6.07, 6.45) is 0.306. The number of amides is 1. The van der Waals surface area contributed by atoms with Crippen LogP contribution < -0.4 is 15.4 Å². The molecule has 2 atom stereocenters. The van der Waals surface area contributed by atoms with Crippen LogP contribution in [0.3, 0.4) is 0 Å². The second kappa shape index (κ2) is 7.81. The summed E-state index contributed by atoms with van der Waals surface area (Å²) in [5, 5.41) is 6.09. The van der Waals surface area contributed by atoms with Crippen molar-refractivity contribution >= 4 is 34.2 Å². The lowest BCUT2D eigenvalue weighted by molar-refractivity contribution is -0.127. The average Bonchev–Trinajstić information content (AvgIpc) is 2.85. The van der Waals surface area contributed by atoms with Crippen LogP contribution in [0, 0.1) is 5.82 Å². The Labute approximate surface area is 132 Å². The van der Waals surface area contributed by atoms with Crippen LogP contribution in [0.5, 0.6) is 5.75 Å². The minimum absolute atomic E-state index is 0. The molecule has 1 heterocycles. The predicted octanol–water partition coefficient (Wildman–Crippen LogP) is 2.26. The smallest absolute Gasteiger partial charge is 0.261 e. The Hall–Kier alpha value is -0.850. The van der Waals surface area contributed by atoms with Crippen LogP contribution in [0.2, 0.25) is 0 Å². The van der Waals surface area contributed by atoms with Gasteiger partial charge in [0, 0.05) is 12.6 Å². The molecule has 1 aromatic carbocycles. The molecule has 0 radical (unpaired) electrons. The number of halogens is 3. The number of benzene rings is 1. The number of ether oxygens (including phenoxy) is 1. The maximum Gasteiger partial charge on any atom is 0.261 e. The fourth-order valence-corrected chi connectivity index (χ4v) is 2.36. The van der Waals surface area contributed by atoms with E-state index >= 15 is 0 Å². The van der Waals surface area contributed by atoms with Crippen LogP contribution in [0.25, 0.3) is 0 Å². The first kappa shape index (κ1) is 17.2. The maximum atomic E-state index is 12.9. The van der Waals surface area contributed by atoms with Crippen molar-refractivity contribution in [1.29, 1.82) is 0 Å². The van der Waals surface area contributed by atoms with Gasteiger partial charge in [-0.05, 0) is 54.0 Å². The molecule has 20 heavy (non-hydrogen) atoms. The van der Waals surface area contributed by atoms with Crippen molar-refractivity contribution < 1.29 is 13.9 Å². The Bertz CT molecular complexity index is 470. The average molecular weight is 368 g/mol. The van der Waals surface area contributed by atoms with E-state index in [0.29, 0.717) is 10.2 Å². The highest BCUT2D eigenvalue weighted by molar-refractivity contribution is 9.10. The summed E-state index contributed by atoms with van der Waals surface area (Å²) in [4.78, 5) is 11.9. The maximum absolute atomic E-state index is 12.9. The van der Waals surface area contributed by atoms with Gasteiger partial charge in [-0.3, -0.25) is 4.79 Å². The second-order valence-electron chi connectivity index (χ2n) is 4.53. The van der Waals surface area contributed by atoms with E-state index in [1.165, 1.54) is 18.2 Å². The summed E-state index contributed by atoms with van der Waals surface area (Å²) < 4.78 is 19.0. The highest BCUT2D eigenvalue weighted by Gasteiger charge is 2.21. The molecule has 7 heteroatoms. The highest BCUT2D eigenvalue weighted by atomic mass is 79.9. The van der Waals surface area contributed by atoms with Gasteiger partial charge in [0.15, 0.2) is 6.10 Å². The number of nitrogens with one attached hydrogen (secondary N) is 2. The molecule has 2 rings (SSSR count). The fraction of sp³-hybridized carbons (Fsp3) is 0.462. The van der Waals surface area contributed by atoms with Crippen LogP contribution >= 0.6 is 28.3 Å². The van der Waals surface area contributed by atoms with Crippen molar-refractivity contribution in [2.45, 2.75) is 25.5 Å². The van der Waals surface area contributed by atoms with E-state index in [9.17, 15) is 9.18 Å². The fourth-order valence-electron chi connectivity index (χ4n) is 1.91. The zero-order chi connectivity index (χ0) is 13.8. The van der Waals surface area contributed by atoms with Gasteiger partial charge in [0.05, 0.1) is 4.47 Å². The second-order valence-corrected chi connectivity index (χ2v) is 5.39. The lowest BCUT2D eigenvalue weighted by Gasteiger charge is -2.18. The van der Waals surface area contributed by atoms with Crippen molar-refractivity contribution in [3.63, 3.8) is 0 Å². The van der Waals surface area contributed by atoms with Gasteiger partial charge in [0.25, 0.3) is 5.91 Å². The number of hydrogen-bond donors (Lipinski definition) is 2. The van der Waals surface area contributed by atoms with Gasteiger partial charge in [0.2, 0.25) is 0 Å². The molecule has 0 spiro atoms. The van der Waals surface area contributed by atoms with Gasteiger partial charge in [0.1, 0.15) is 11.6 Å². The van der Waals surface area contributed by atoms with Crippen LogP contribution in [-0.4, -0.2) is 31.1 Å². The summed E-state index contributed by atoms with van der Waals surface area (Å²) in [7, 11) is 0. The van der Waals surface area contributed by atoms with E-state index in [4.69, 9.17) is 4.74 Å². The normalized spacial score (nSPS) is 19.1. The lowest BCUT2D eigenvalue weighted by atomic mass is 10.2. The van der Waals surface area contributed by atoms with Crippen molar-refractivity contribution in [2.75, 3.05) is 13.1 Å². The summed E-state index contributed by atoms with van der Waals surface area (Å²) in [6, 6.07) is 4.27. The predicted molar refractivity (Wildman–Crippen MR) is 80.9 cm³/mol. The summed E-state index contributed by atoms with van der Waals surface area (Å²) >= 11 is 3.21. The minimum atomic E-state index is -0.623. The molecule has 0 bridgehead atoms. The highest BCUT2D eigenvalue weighted by Crippen LogP contribution is 2.26. The van der Waals surface area contributed by atoms with Gasteiger partial charge in [-0.1, -0.05) is 0 Å². The number of rotatable bonds is 4. The topological polar surface area (TPSA) is 50.4 Å². The molecular formula is C13H17BrClFN2O2. The molecule has 1 fully saturated rings. The molecule has 2 N–H and O–H groups in total. The van der Waals surface area contributed by atoms with E-state index in [1.807, 2.05) is 0 Å². The Balaban J connectivity index is 0.00000200. The van der Waals surface area contributed by atoms with E-state index in [-0.39, 0.29) is 30.2 Å². The molecule has 1 aliphatic rings. The number of hydrogen-bond acceptors (Lipinski definition) is 3. The van der Waals surface area contributed by atoms with Crippen molar-refractivity contribution in [3.05, 3.63) is 28.5 Å². The Kier molecular flexibility index (Phi) is 6.71. The van der Waals surface area contributed by atoms with Gasteiger partial charge in [-0.25, -0.2) is 4.39 Å². The molecule has 2 unspecified atom stereocenters. The molecule has 0 aromatic heterocycles. The molecule has 1 aliphatic heterocycles. The Morgan fingerprint density at radius 2 is 2.35 bits per heavy atom. The molecule has 112 valence electrons. The first-order valence-electron chi connectivity index (χ1n) is 6.19. The van der Waals surface area contributed by atoms with Crippen molar-refractivity contribution in [3.8, 4) is 5.75 Å². The van der Waals surface area contributed by atoms with Crippen LogP contribution in [0.4, 0.5) is 4.39 Å². The van der Waals surface area contributed by atoms with Crippen LogP contribution in [0.15, 0.2) is 22.7 Å². The van der Waals surface area contributed by atoms with Gasteiger partial charge < -0.3 is 15.4 Å². The largest absolute Gasteiger partial charge is 0.480 e. The van der Waals surface area contributed by atoms with Crippen molar-refractivity contribution in [1.82, 2.24) is 10.6 Å².